The van der Waals surface area contributed by atoms with Crippen molar-refractivity contribution in [1.29, 1.82) is 0 Å². The van der Waals surface area contributed by atoms with Crippen molar-refractivity contribution in [2.24, 2.45) is 0 Å². The fourth-order valence-corrected chi connectivity index (χ4v) is 2.92. The number of benzene rings is 1. The molecule has 0 saturated carbocycles. The lowest BCUT2D eigenvalue weighted by molar-refractivity contribution is -0.384. The third kappa shape index (κ3) is 3.34. The molecule has 0 amide bonds. The molecule has 0 aliphatic rings. The number of esters is 1. The van der Waals surface area contributed by atoms with E-state index < -0.39 is 10.9 Å². The molecule has 0 aliphatic carbocycles. The zero-order chi connectivity index (χ0) is 18.7. The highest BCUT2D eigenvalue weighted by Crippen LogP contribution is 2.25. The van der Waals surface area contributed by atoms with Gasteiger partial charge in [0.1, 0.15) is 0 Å². The molecule has 0 fully saturated rings. The van der Waals surface area contributed by atoms with Crippen molar-refractivity contribution in [1.82, 2.24) is 9.97 Å². The van der Waals surface area contributed by atoms with Gasteiger partial charge < -0.3 is 15.0 Å². The van der Waals surface area contributed by atoms with Crippen molar-refractivity contribution >= 4 is 28.4 Å². The minimum Gasteiger partial charge on any atom is -0.465 e. The minimum absolute atomic E-state index is 0.0391. The molecule has 0 bridgehead atoms. The first-order valence-corrected chi connectivity index (χ1v) is 8.04. The Hall–Kier alpha value is -3.42. The largest absolute Gasteiger partial charge is 0.465 e. The van der Waals surface area contributed by atoms with Crippen LogP contribution in [0.15, 0.2) is 36.5 Å². The Labute approximate surface area is 149 Å². The lowest BCUT2D eigenvalue weighted by Crippen LogP contribution is -2.10. The number of nitro groups is 1. The summed E-state index contributed by atoms with van der Waals surface area (Å²) in [7, 11) is 1.21. The van der Waals surface area contributed by atoms with Gasteiger partial charge in [0.2, 0.25) is 5.82 Å². The zero-order valence-corrected chi connectivity index (χ0v) is 14.4. The summed E-state index contributed by atoms with van der Waals surface area (Å²) in [6.07, 6.45) is 1.94. The predicted octanol–water partition coefficient (Wildman–Crippen LogP) is 3.22. The molecule has 1 aromatic carbocycles. The molecule has 0 unspecified atom stereocenters. The standard InChI is InChI=1S/C18H18N4O4/c1-11-13(14-5-3-4-6-15(14)21-11)7-8-19-17-16(22(24)25)9-12(10-20-17)18(23)26-2/h3-6,9-10,21H,7-8H2,1-2H3,(H,19,20). The molecule has 134 valence electrons. The number of fused-ring (bicyclic) bond motifs is 1. The number of H-pyrrole nitrogens is 1. The highest BCUT2D eigenvalue weighted by atomic mass is 16.6. The van der Waals surface area contributed by atoms with E-state index in [0.29, 0.717) is 13.0 Å². The topological polar surface area (TPSA) is 110 Å². The number of aromatic nitrogens is 2. The number of ether oxygens (including phenoxy) is 1. The second-order valence-corrected chi connectivity index (χ2v) is 5.79. The van der Waals surface area contributed by atoms with Crippen LogP contribution in [0.2, 0.25) is 0 Å². The van der Waals surface area contributed by atoms with Crippen LogP contribution >= 0.6 is 0 Å². The molecular formula is C18H18N4O4. The number of carbonyl (C=O) groups excluding carboxylic acids is 1. The highest BCUT2D eigenvalue weighted by molar-refractivity contribution is 5.90. The average Bonchev–Trinajstić information content (AvgIpc) is 2.96. The SMILES string of the molecule is COC(=O)c1cnc(NCCc2c(C)[nH]c3ccccc23)c([N+](=O)[O-])c1. The average molecular weight is 354 g/mol. The second-order valence-electron chi connectivity index (χ2n) is 5.79. The fourth-order valence-electron chi connectivity index (χ4n) is 2.92. The predicted molar refractivity (Wildman–Crippen MR) is 97.5 cm³/mol. The maximum absolute atomic E-state index is 11.5. The van der Waals surface area contributed by atoms with Crippen LogP contribution in [0.4, 0.5) is 11.5 Å². The Morgan fingerprint density at radius 1 is 1.38 bits per heavy atom. The summed E-state index contributed by atoms with van der Waals surface area (Å²) in [5.74, 6) is -0.540. The van der Waals surface area contributed by atoms with Crippen molar-refractivity contribution in [3.05, 3.63) is 63.5 Å². The fraction of sp³-hybridized carbons (Fsp3) is 0.222. The molecule has 0 spiro atoms. The Bertz CT molecular complexity index is 980. The number of pyridine rings is 1. The lowest BCUT2D eigenvalue weighted by atomic mass is 10.1. The molecule has 2 N–H and O–H groups in total. The summed E-state index contributed by atoms with van der Waals surface area (Å²) in [5.41, 5.74) is 3.06. The molecule has 26 heavy (non-hydrogen) atoms. The van der Waals surface area contributed by atoms with E-state index in [1.165, 1.54) is 13.3 Å². The van der Waals surface area contributed by atoms with E-state index in [1.807, 2.05) is 31.2 Å². The van der Waals surface area contributed by atoms with E-state index in [9.17, 15) is 14.9 Å². The van der Waals surface area contributed by atoms with E-state index in [0.717, 1.165) is 28.2 Å². The van der Waals surface area contributed by atoms with Crippen molar-refractivity contribution < 1.29 is 14.5 Å². The number of carbonyl (C=O) groups is 1. The van der Waals surface area contributed by atoms with Crippen molar-refractivity contribution in [2.75, 3.05) is 19.0 Å². The smallest absolute Gasteiger partial charge is 0.339 e. The van der Waals surface area contributed by atoms with Crippen LogP contribution in [0.3, 0.4) is 0 Å². The van der Waals surface area contributed by atoms with Crippen LogP contribution in [0, 0.1) is 17.0 Å². The lowest BCUT2D eigenvalue weighted by Gasteiger charge is -2.08. The molecule has 0 aliphatic heterocycles. The van der Waals surface area contributed by atoms with Gasteiger partial charge in [-0.05, 0) is 25.0 Å². The van der Waals surface area contributed by atoms with Crippen LogP contribution in [0.25, 0.3) is 10.9 Å². The van der Waals surface area contributed by atoms with E-state index in [1.54, 1.807) is 0 Å². The molecule has 0 radical (unpaired) electrons. The maximum Gasteiger partial charge on any atom is 0.339 e. The zero-order valence-electron chi connectivity index (χ0n) is 14.4. The summed E-state index contributed by atoms with van der Waals surface area (Å²) >= 11 is 0. The van der Waals surface area contributed by atoms with Crippen LogP contribution in [-0.2, 0) is 11.2 Å². The number of aryl methyl sites for hydroxylation is 1. The third-order valence-electron chi connectivity index (χ3n) is 4.18. The van der Waals surface area contributed by atoms with Gasteiger partial charge >= 0.3 is 11.7 Å². The van der Waals surface area contributed by atoms with Crippen molar-refractivity contribution in [3.8, 4) is 0 Å². The number of methoxy groups -OCH3 is 1. The molecule has 0 atom stereocenters. The van der Waals surface area contributed by atoms with Gasteiger partial charge in [0.05, 0.1) is 17.6 Å². The first-order chi connectivity index (χ1) is 12.5. The van der Waals surface area contributed by atoms with Gasteiger partial charge in [0, 0.05) is 35.4 Å². The maximum atomic E-state index is 11.5. The molecule has 2 aromatic heterocycles. The van der Waals surface area contributed by atoms with E-state index in [-0.39, 0.29) is 17.1 Å². The summed E-state index contributed by atoms with van der Waals surface area (Å²) in [5, 5.41) is 15.4. The molecular weight excluding hydrogens is 336 g/mol. The third-order valence-corrected chi connectivity index (χ3v) is 4.18. The monoisotopic (exact) mass is 354 g/mol. The van der Waals surface area contributed by atoms with Gasteiger partial charge in [0.25, 0.3) is 0 Å². The quantitative estimate of drug-likeness (QED) is 0.399. The van der Waals surface area contributed by atoms with Gasteiger partial charge in [-0.1, -0.05) is 18.2 Å². The van der Waals surface area contributed by atoms with Gasteiger partial charge in [-0.15, -0.1) is 0 Å². The first kappa shape index (κ1) is 17.4. The minimum atomic E-state index is -0.665. The van der Waals surface area contributed by atoms with Gasteiger partial charge in [-0.3, -0.25) is 10.1 Å². The van der Waals surface area contributed by atoms with Crippen LogP contribution in [-0.4, -0.2) is 34.5 Å². The first-order valence-electron chi connectivity index (χ1n) is 8.04. The Balaban J connectivity index is 1.78. The van der Waals surface area contributed by atoms with Gasteiger partial charge in [-0.25, -0.2) is 9.78 Å². The molecule has 0 saturated heterocycles. The van der Waals surface area contributed by atoms with Crippen molar-refractivity contribution in [3.63, 3.8) is 0 Å². The van der Waals surface area contributed by atoms with E-state index in [4.69, 9.17) is 0 Å². The van der Waals surface area contributed by atoms with Crippen LogP contribution in [0.5, 0.6) is 0 Å². The van der Waals surface area contributed by atoms with E-state index in [2.05, 4.69) is 20.0 Å². The number of anilines is 1. The summed E-state index contributed by atoms with van der Waals surface area (Å²) in [4.78, 5) is 29.6. The summed E-state index contributed by atoms with van der Waals surface area (Å²) in [6.45, 7) is 2.47. The van der Waals surface area contributed by atoms with Gasteiger partial charge in [-0.2, -0.15) is 0 Å². The number of aromatic amines is 1. The molecule has 3 aromatic rings. The number of nitrogens with zero attached hydrogens (tertiary/aromatic N) is 2. The molecule has 3 rings (SSSR count). The Kier molecular flexibility index (Phi) is 4.83. The number of para-hydroxylation sites is 1. The summed E-state index contributed by atoms with van der Waals surface area (Å²) < 4.78 is 4.57. The number of rotatable bonds is 6. The Morgan fingerprint density at radius 3 is 2.88 bits per heavy atom. The number of nitrogens with one attached hydrogen (secondary N) is 2. The highest BCUT2D eigenvalue weighted by Gasteiger charge is 2.19. The number of hydrogen-bond acceptors (Lipinski definition) is 6. The second kappa shape index (κ2) is 7.22. The van der Waals surface area contributed by atoms with Crippen LogP contribution in [0.1, 0.15) is 21.6 Å². The number of hydrogen-bond donors (Lipinski definition) is 2. The van der Waals surface area contributed by atoms with E-state index >= 15 is 0 Å². The summed E-state index contributed by atoms with van der Waals surface area (Å²) in [6, 6.07) is 9.16. The van der Waals surface area contributed by atoms with Crippen LogP contribution < -0.4 is 5.32 Å². The Morgan fingerprint density at radius 2 is 2.15 bits per heavy atom. The van der Waals surface area contributed by atoms with Crippen molar-refractivity contribution in [2.45, 2.75) is 13.3 Å². The molecule has 8 nitrogen and oxygen atoms in total. The normalized spacial score (nSPS) is 10.7. The molecule has 8 heteroatoms. The van der Waals surface area contributed by atoms with Gasteiger partial charge in [0.15, 0.2) is 0 Å². The molecule has 2 heterocycles.